The monoisotopic (exact) mass is 322 g/mol. The molecular weight excluding hydrogens is 305 g/mol. The summed E-state index contributed by atoms with van der Waals surface area (Å²) >= 11 is 0. The predicted molar refractivity (Wildman–Crippen MR) is 72.3 cm³/mol. The van der Waals surface area contributed by atoms with E-state index in [2.05, 4.69) is 4.72 Å². The highest BCUT2D eigenvalue weighted by atomic mass is 32.2. The Hall–Kier alpha value is -1.12. The van der Waals surface area contributed by atoms with Gasteiger partial charge in [0, 0.05) is 12.6 Å². The van der Waals surface area contributed by atoms with Crippen molar-refractivity contribution in [3.05, 3.63) is 30.3 Å². The molecule has 0 amide bonds. The molecule has 1 aromatic carbocycles. The van der Waals surface area contributed by atoms with Gasteiger partial charge in [0.25, 0.3) is 0 Å². The third-order valence-electron chi connectivity index (χ3n) is 3.58. The number of benzene rings is 1. The van der Waals surface area contributed by atoms with Crippen LogP contribution in [0.5, 0.6) is 0 Å². The topological polar surface area (TPSA) is 49.4 Å². The molecule has 0 saturated carbocycles. The molecule has 1 aromatic rings. The molecule has 2 unspecified atom stereocenters. The van der Waals surface area contributed by atoms with Gasteiger partial charge in [0.15, 0.2) is 0 Å². The van der Waals surface area contributed by atoms with Gasteiger partial charge in [0.05, 0.1) is 4.90 Å². The van der Waals surface area contributed by atoms with Crippen molar-refractivity contribution in [2.24, 2.45) is 0 Å². The molecular formula is C13H17F3N2O2S. The number of piperidine rings is 1. The number of sulfonamides is 1. The van der Waals surface area contributed by atoms with Gasteiger partial charge in [-0.05, 0) is 32.0 Å². The lowest BCUT2D eigenvalue weighted by atomic mass is 9.99. The Morgan fingerprint density at radius 2 is 1.81 bits per heavy atom. The third-order valence-corrected chi connectivity index (χ3v) is 5.12. The highest BCUT2D eigenvalue weighted by molar-refractivity contribution is 7.89. The van der Waals surface area contributed by atoms with Crippen molar-refractivity contribution < 1.29 is 21.6 Å². The standard InChI is InChI=1S/C13H17F3N2O2S/c1-18-9-10(7-8-12(18)13(14,15)16)17-21(19,20)11-5-3-2-4-6-11/h2-6,10,12,17H,7-9H2,1H3. The van der Waals surface area contributed by atoms with Gasteiger partial charge in [-0.15, -0.1) is 0 Å². The van der Waals surface area contributed by atoms with E-state index >= 15 is 0 Å². The van der Waals surface area contributed by atoms with Crippen molar-refractivity contribution in [1.82, 2.24) is 9.62 Å². The molecule has 1 aliphatic rings. The third kappa shape index (κ3) is 3.96. The Balaban J connectivity index is 2.03. The predicted octanol–water partition coefficient (Wildman–Crippen LogP) is 1.99. The lowest BCUT2D eigenvalue weighted by Gasteiger charge is -2.38. The number of likely N-dealkylation sites (tertiary alicyclic amines) is 1. The Labute approximate surface area is 122 Å². The summed E-state index contributed by atoms with van der Waals surface area (Å²) in [7, 11) is -2.33. The van der Waals surface area contributed by atoms with Gasteiger partial charge in [0.1, 0.15) is 6.04 Å². The molecule has 21 heavy (non-hydrogen) atoms. The number of likely N-dealkylation sites (N-methyl/N-ethyl adjacent to an activating group) is 1. The minimum absolute atomic E-state index is 0.0379. The Kier molecular flexibility index (Phi) is 4.60. The van der Waals surface area contributed by atoms with E-state index in [4.69, 9.17) is 0 Å². The van der Waals surface area contributed by atoms with Crippen molar-refractivity contribution in [2.75, 3.05) is 13.6 Å². The van der Waals surface area contributed by atoms with E-state index in [0.717, 1.165) is 4.90 Å². The van der Waals surface area contributed by atoms with Gasteiger partial charge in [-0.1, -0.05) is 18.2 Å². The first kappa shape index (κ1) is 16.3. The lowest BCUT2D eigenvalue weighted by molar-refractivity contribution is -0.188. The summed E-state index contributed by atoms with van der Waals surface area (Å²) in [6.07, 6.45) is -4.22. The fourth-order valence-corrected chi connectivity index (χ4v) is 3.83. The molecule has 2 rings (SSSR count). The molecule has 0 bridgehead atoms. The van der Waals surface area contributed by atoms with Gasteiger partial charge in [-0.25, -0.2) is 13.1 Å². The summed E-state index contributed by atoms with van der Waals surface area (Å²) in [4.78, 5) is 1.27. The number of halogens is 3. The van der Waals surface area contributed by atoms with Crippen molar-refractivity contribution >= 4 is 10.0 Å². The largest absolute Gasteiger partial charge is 0.404 e. The Morgan fingerprint density at radius 3 is 2.33 bits per heavy atom. The quantitative estimate of drug-likeness (QED) is 0.926. The first-order valence-corrected chi connectivity index (χ1v) is 8.03. The zero-order chi connectivity index (χ0) is 15.7. The molecule has 1 N–H and O–H groups in total. The minimum Gasteiger partial charge on any atom is -0.294 e. The first-order chi connectivity index (χ1) is 9.70. The van der Waals surface area contributed by atoms with Gasteiger partial charge in [-0.3, -0.25) is 4.90 Å². The van der Waals surface area contributed by atoms with E-state index in [9.17, 15) is 21.6 Å². The molecule has 1 fully saturated rings. The Morgan fingerprint density at radius 1 is 1.19 bits per heavy atom. The van der Waals surface area contributed by atoms with Crippen LogP contribution in [0.1, 0.15) is 12.8 Å². The number of alkyl halides is 3. The van der Waals surface area contributed by atoms with Crippen LogP contribution in [0.3, 0.4) is 0 Å². The van der Waals surface area contributed by atoms with Gasteiger partial charge >= 0.3 is 6.18 Å². The van der Waals surface area contributed by atoms with Crippen molar-refractivity contribution in [3.8, 4) is 0 Å². The summed E-state index contributed by atoms with van der Waals surface area (Å²) in [5.74, 6) is 0. The molecule has 4 nitrogen and oxygen atoms in total. The van der Waals surface area contributed by atoms with E-state index in [1.165, 1.54) is 19.2 Å². The number of nitrogens with zero attached hydrogens (tertiary/aromatic N) is 1. The molecule has 8 heteroatoms. The van der Waals surface area contributed by atoms with Crippen LogP contribution in [0.2, 0.25) is 0 Å². The molecule has 1 aliphatic heterocycles. The van der Waals surface area contributed by atoms with Crippen LogP contribution >= 0.6 is 0 Å². The van der Waals surface area contributed by atoms with Crippen LogP contribution in [-0.2, 0) is 10.0 Å². The first-order valence-electron chi connectivity index (χ1n) is 6.54. The van der Waals surface area contributed by atoms with Crippen molar-refractivity contribution in [2.45, 2.75) is 36.0 Å². The molecule has 0 spiro atoms. The molecule has 0 radical (unpaired) electrons. The number of hydrogen-bond acceptors (Lipinski definition) is 3. The molecule has 118 valence electrons. The van der Waals surface area contributed by atoms with E-state index in [-0.39, 0.29) is 24.3 Å². The van der Waals surface area contributed by atoms with Crippen LogP contribution in [0.4, 0.5) is 13.2 Å². The summed E-state index contributed by atoms with van der Waals surface area (Å²) in [5, 5.41) is 0. The zero-order valence-electron chi connectivity index (χ0n) is 11.5. The SMILES string of the molecule is CN1CC(NS(=O)(=O)c2ccccc2)CCC1C(F)(F)F. The molecule has 0 aliphatic carbocycles. The smallest absolute Gasteiger partial charge is 0.294 e. The number of nitrogens with one attached hydrogen (secondary N) is 1. The zero-order valence-corrected chi connectivity index (χ0v) is 12.3. The normalized spacial score (nSPS) is 25.0. The lowest BCUT2D eigenvalue weighted by Crippen LogP contribution is -2.54. The van der Waals surface area contributed by atoms with Crippen molar-refractivity contribution in [1.29, 1.82) is 0 Å². The van der Waals surface area contributed by atoms with Gasteiger partial charge in [0.2, 0.25) is 10.0 Å². The Bertz CT molecular complexity index is 575. The van der Waals surface area contributed by atoms with E-state index in [1.54, 1.807) is 18.2 Å². The van der Waals surface area contributed by atoms with E-state index in [1.807, 2.05) is 0 Å². The van der Waals surface area contributed by atoms with Gasteiger partial charge < -0.3 is 0 Å². The fraction of sp³-hybridized carbons (Fsp3) is 0.538. The van der Waals surface area contributed by atoms with Gasteiger partial charge in [-0.2, -0.15) is 13.2 Å². The number of hydrogen-bond donors (Lipinski definition) is 1. The molecule has 1 saturated heterocycles. The molecule has 2 atom stereocenters. The second-order valence-electron chi connectivity index (χ2n) is 5.21. The number of rotatable bonds is 3. The highest BCUT2D eigenvalue weighted by Crippen LogP contribution is 2.31. The van der Waals surface area contributed by atoms with E-state index < -0.39 is 28.3 Å². The highest BCUT2D eigenvalue weighted by Gasteiger charge is 2.45. The maximum Gasteiger partial charge on any atom is 0.404 e. The second kappa shape index (κ2) is 5.94. The fourth-order valence-electron chi connectivity index (χ4n) is 2.54. The maximum absolute atomic E-state index is 12.7. The van der Waals surface area contributed by atoms with Crippen LogP contribution in [0.25, 0.3) is 0 Å². The average Bonchev–Trinajstić information content (AvgIpc) is 2.37. The van der Waals surface area contributed by atoms with Crippen molar-refractivity contribution in [3.63, 3.8) is 0 Å². The summed E-state index contributed by atoms with van der Waals surface area (Å²) in [6, 6.07) is 5.78. The second-order valence-corrected chi connectivity index (χ2v) is 6.92. The molecule has 1 heterocycles. The summed E-state index contributed by atoms with van der Waals surface area (Å²) in [5.41, 5.74) is 0. The van der Waals surface area contributed by atoms with Crippen LogP contribution in [-0.4, -0.2) is 45.2 Å². The maximum atomic E-state index is 12.7. The van der Waals surface area contributed by atoms with Crippen LogP contribution in [0, 0.1) is 0 Å². The van der Waals surface area contributed by atoms with Crippen LogP contribution < -0.4 is 4.72 Å². The molecule has 0 aromatic heterocycles. The summed E-state index contributed by atoms with van der Waals surface area (Å²) < 4.78 is 65.0. The minimum atomic E-state index is -4.28. The van der Waals surface area contributed by atoms with Crippen LogP contribution in [0.15, 0.2) is 35.2 Å². The average molecular weight is 322 g/mol. The summed E-state index contributed by atoms with van der Waals surface area (Å²) in [6.45, 7) is 0.0379. The van der Waals surface area contributed by atoms with E-state index in [0.29, 0.717) is 0 Å².